The molecule has 0 aliphatic carbocycles. The van der Waals surface area contributed by atoms with Gasteiger partial charge in [0.1, 0.15) is 4.90 Å². The third kappa shape index (κ3) is 2.96. The second kappa shape index (κ2) is 2.76. The summed E-state index contributed by atoms with van der Waals surface area (Å²) in [5, 5.41) is 0. The van der Waals surface area contributed by atoms with Crippen LogP contribution in [0.5, 0.6) is 0 Å². The molecule has 82 valence electrons. The quantitative estimate of drug-likeness (QED) is 0.412. The first-order chi connectivity index (χ1) is 5.90. The van der Waals surface area contributed by atoms with Crippen molar-refractivity contribution in [3.05, 3.63) is 26.2 Å². The van der Waals surface area contributed by atoms with Gasteiger partial charge < -0.3 is 0 Å². The molecule has 0 aromatic heterocycles. The van der Waals surface area contributed by atoms with Gasteiger partial charge in [0.25, 0.3) is 0 Å². The summed E-state index contributed by atoms with van der Waals surface area (Å²) >= 11 is 4.50. The summed E-state index contributed by atoms with van der Waals surface area (Å²) in [5.41, 5.74) is 0. The lowest BCUT2D eigenvalue weighted by Crippen LogP contribution is -2.05. The molecule has 0 aliphatic rings. The molecule has 0 N–H and O–H groups in total. The van der Waals surface area contributed by atoms with E-state index in [2.05, 4.69) is 15.9 Å². The van der Waals surface area contributed by atoms with Crippen molar-refractivity contribution in [1.82, 2.24) is 0 Å². The van der Waals surface area contributed by atoms with E-state index in [4.69, 9.17) is 0 Å². The summed E-state index contributed by atoms with van der Waals surface area (Å²) in [6, 6.07) is 1.76. The van der Waals surface area contributed by atoms with Crippen LogP contribution < -0.4 is 0 Å². The molecule has 8 heteroatoms. The van der Waals surface area contributed by atoms with Gasteiger partial charge in [-0.2, -0.15) is 0 Å². The number of halogens is 7. The van der Waals surface area contributed by atoms with Crippen molar-refractivity contribution >= 4 is 48.7 Å². The highest BCUT2D eigenvalue weighted by molar-refractivity contribution is 14.1. The van der Waals surface area contributed by atoms with Crippen LogP contribution in [0.1, 0.15) is 0 Å². The molecular weight excluding hydrogens is 406 g/mol. The Morgan fingerprint density at radius 1 is 1.07 bits per heavy atom. The summed E-state index contributed by atoms with van der Waals surface area (Å²) < 4.78 is 61.6. The minimum atomic E-state index is -9.52. The van der Waals surface area contributed by atoms with Gasteiger partial charge in [-0.25, -0.2) is 0 Å². The molecule has 0 bridgehead atoms. The topological polar surface area (TPSA) is 0 Å². The Hall–Kier alpha value is 0.430. The van der Waals surface area contributed by atoms with Crippen LogP contribution in [0.15, 0.2) is 27.6 Å². The van der Waals surface area contributed by atoms with E-state index in [1.807, 2.05) is 0 Å². The summed E-state index contributed by atoms with van der Waals surface area (Å²) in [6.07, 6.45) is 0. The average Bonchev–Trinajstić information content (AvgIpc) is 1.89. The maximum absolute atomic E-state index is 12.2. The van der Waals surface area contributed by atoms with Crippen LogP contribution in [0.3, 0.4) is 0 Å². The van der Waals surface area contributed by atoms with E-state index in [0.29, 0.717) is 15.7 Å². The normalized spacial score (nSPS) is 17.4. The van der Waals surface area contributed by atoms with E-state index >= 15 is 0 Å². The van der Waals surface area contributed by atoms with Gasteiger partial charge in [0, 0.05) is 8.04 Å². The van der Waals surface area contributed by atoms with Gasteiger partial charge in [-0.3, -0.25) is 0 Å². The van der Waals surface area contributed by atoms with E-state index in [9.17, 15) is 19.4 Å². The van der Waals surface area contributed by atoms with Crippen molar-refractivity contribution in [1.29, 1.82) is 0 Å². The van der Waals surface area contributed by atoms with Crippen LogP contribution >= 0.6 is 48.7 Å². The Morgan fingerprint density at radius 3 is 1.93 bits per heavy atom. The van der Waals surface area contributed by atoms with Gasteiger partial charge >= 0.3 is 10.2 Å². The number of hydrogen-bond acceptors (Lipinski definition) is 0. The zero-order valence-electron chi connectivity index (χ0n) is 6.29. The average molecular weight is 409 g/mol. The second-order valence-electron chi connectivity index (χ2n) is 2.54. The molecule has 1 aromatic carbocycles. The molecule has 0 saturated carbocycles. The molecule has 14 heavy (non-hydrogen) atoms. The summed E-state index contributed by atoms with van der Waals surface area (Å²) in [4.78, 5) is -1.88. The lowest BCUT2D eigenvalue weighted by molar-refractivity contribution is 0.364. The third-order valence-corrected chi connectivity index (χ3v) is 4.82. The number of rotatable bonds is 1. The summed E-state index contributed by atoms with van der Waals surface area (Å²) in [7, 11) is -9.52. The van der Waals surface area contributed by atoms with E-state index < -0.39 is 15.1 Å². The van der Waals surface area contributed by atoms with Gasteiger partial charge in [-0.05, 0) is 56.7 Å². The van der Waals surface area contributed by atoms with Crippen molar-refractivity contribution in [2.45, 2.75) is 4.90 Å². The van der Waals surface area contributed by atoms with Crippen molar-refractivity contribution in [2.75, 3.05) is 0 Å². The van der Waals surface area contributed by atoms with Gasteiger partial charge in [0.2, 0.25) is 0 Å². The van der Waals surface area contributed by atoms with Crippen LogP contribution in [0.25, 0.3) is 0 Å². The van der Waals surface area contributed by atoms with Gasteiger partial charge in [-0.15, -0.1) is 0 Å². The van der Waals surface area contributed by atoms with E-state index in [1.54, 1.807) is 22.6 Å². The first kappa shape index (κ1) is 12.5. The molecule has 1 aromatic rings. The highest BCUT2D eigenvalue weighted by Crippen LogP contribution is 3.02. The molecule has 0 amide bonds. The van der Waals surface area contributed by atoms with Gasteiger partial charge in [0.15, 0.2) is 0 Å². The molecule has 0 heterocycles. The Labute approximate surface area is 98.9 Å². The summed E-state index contributed by atoms with van der Waals surface area (Å²) in [5.74, 6) is 0. The predicted molar refractivity (Wildman–Crippen MR) is 58.3 cm³/mol. The van der Waals surface area contributed by atoms with Crippen molar-refractivity contribution in [2.24, 2.45) is 0 Å². The van der Waals surface area contributed by atoms with Crippen LogP contribution in [-0.4, -0.2) is 0 Å². The predicted octanol–water partition coefficient (Wildman–Crippen LogP) is 5.71. The third-order valence-electron chi connectivity index (χ3n) is 1.34. The van der Waals surface area contributed by atoms with Gasteiger partial charge in [-0.1, -0.05) is 19.4 Å². The molecule has 0 fully saturated rings. The second-order valence-corrected chi connectivity index (χ2v) is 6.97. The monoisotopic (exact) mass is 408 g/mol. The fourth-order valence-electron chi connectivity index (χ4n) is 0.717. The maximum atomic E-state index is 12.2. The van der Waals surface area contributed by atoms with E-state index in [1.165, 1.54) is 0 Å². The lowest BCUT2D eigenvalue weighted by atomic mass is 10.4. The summed E-state index contributed by atoms with van der Waals surface area (Å²) in [6.45, 7) is 0. The molecule has 0 nitrogen and oxygen atoms in total. The fourth-order valence-corrected chi connectivity index (χ4v) is 2.25. The SMILES string of the molecule is FS(F)(F)(F)(F)c1ccc(I)c(Br)c1. The maximum Gasteiger partial charge on any atom is 0.310 e. The first-order valence-electron chi connectivity index (χ1n) is 3.09. The van der Waals surface area contributed by atoms with Crippen LogP contribution in [0.2, 0.25) is 0 Å². The minimum Gasteiger partial charge on any atom is -0.0936 e. The Kier molecular flexibility index (Phi) is 2.46. The largest absolute Gasteiger partial charge is 0.310 e. The smallest absolute Gasteiger partial charge is 0.0936 e. The minimum absolute atomic E-state index is 0.00356. The molecule has 0 aliphatic heterocycles. The van der Waals surface area contributed by atoms with Gasteiger partial charge in [0.05, 0.1) is 0 Å². The Balaban J connectivity index is 3.45. The van der Waals surface area contributed by atoms with Crippen LogP contribution in [0, 0.1) is 3.57 Å². The Morgan fingerprint density at radius 2 is 1.57 bits per heavy atom. The Bertz CT molecular complexity index is 386. The standard InChI is InChI=1S/C6H3BrF5IS/c7-5-3-4(1-2-6(5)13)14(8,9,10,11)12/h1-3H. The zero-order valence-corrected chi connectivity index (χ0v) is 10.8. The van der Waals surface area contributed by atoms with Crippen molar-refractivity contribution < 1.29 is 19.4 Å². The van der Waals surface area contributed by atoms with Crippen molar-refractivity contribution in [3.63, 3.8) is 0 Å². The molecule has 0 radical (unpaired) electrons. The highest BCUT2D eigenvalue weighted by atomic mass is 127. The number of benzene rings is 1. The molecule has 0 atom stereocenters. The highest BCUT2D eigenvalue weighted by Gasteiger charge is 2.65. The molecular formula is C6H3BrF5IS. The fraction of sp³-hybridized carbons (Fsp3) is 0. The molecule has 0 spiro atoms. The molecule has 0 saturated heterocycles. The zero-order chi connectivity index (χ0) is 11.3. The van der Waals surface area contributed by atoms with Crippen molar-refractivity contribution in [3.8, 4) is 0 Å². The number of hydrogen-bond donors (Lipinski definition) is 0. The van der Waals surface area contributed by atoms with Crippen LogP contribution in [-0.2, 0) is 0 Å². The first-order valence-corrected chi connectivity index (χ1v) is 6.91. The molecule has 1 rings (SSSR count). The lowest BCUT2D eigenvalue weighted by Gasteiger charge is -2.40. The molecule has 0 unspecified atom stereocenters. The van der Waals surface area contributed by atoms with E-state index in [-0.39, 0.29) is 4.47 Å². The van der Waals surface area contributed by atoms with Crippen LogP contribution in [0.4, 0.5) is 19.4 Å². The van der Waals surface area contributed by atoms with E-state index in [0.717, 1.165) is 6.07 Å².